The molecule has 0 radical (unpaired) electrons. The summed E-state index contributed by atoms with van der Waals surface area (Å²) in [7, 11) is 0. The van der Waals surface area contributed by atoms with E-state index < -0.39 is 5.91 Å². The molecule has 0 aliphatic carbocycles. The molecular formula is C14H16BrN5O2. The van der Waals surface area contributed by atoms with Gasteiger partial charge in [-0.3, -0.25) is 14.3 Å². The van der Waals surface area contributed by atoms with E-state index >= 15 is 0 Å². The van der Waals surface area contributed by atoms with E-state index in [9.17, 15) is 9.59 Å². The molecule has 0 saturated carbocycles. The van der Waals surface area contributed by atoms with Gasteiger partial charge < -0.3 is 15.6 Å². The lowest BCUT2D eigenvalue weighted by Crippen LogP contribution is -2.32. The molecule has 2 aromatic heterocycles. The lowest BCUT2D eigenvalue weighted by atomic mass is 10.1. The van der Waals surface area contributed by atoms with Crippen LogP contribution in [0.25, 0.3) is 0 Å². The van der Waals surface area contributed by atoms with Crippen molar-refractivity contribution in [3.8, 4) is 0 Å². The van der Waals surface area contributed by atoms with E-state index in [0.29, 0.717) is 10.2 Å². The molecule has 8 heteroatoms. The van der Waals surface area contributed by atoms with Crippen LogP contribution >= 0.6 is 15.9 Å². The zero-order valence-electron chi connectivity index (χ0n) is 11.8. The first-order chi connectivity index (χ1) is 10.6. The van der Waals surface area contributed by atoms with Gasteiger partial charge in [0.25, 0.3) is 11.5 Å². The molecule has 3 rings (SSSR count). The number of nitrogens with zero attached hydrogens (tertiary/aromatic N) is 2. The quantitative estimate of drug-likeness (QED) is 0.768. The number of piperidine rings is 1. The van der Waals surface area contributed by atoms with Crippen LogP contribution < -0.4 is 16.2 Å². The van der Waals surface area contributed by atoms with Crippen LogP contribution in [0.15, 0.2) is 33.8 Å². The van der Waals surface area contributed by atoms with Gasteiger partial charge in [-0.2, -0.15) is 5.10 Å². The van der Waals surface area contributed by atoms with Crippen molar-refractivity contribution in [1.29, 1.82) is 0 Å². The fraction of sp³-hybridized carbons (Fsp3) is 0.357. The van der Waals surface area contributed by atoms with E-state index in [1.54, 1.807) is 18.3 Å². The smallest absolute Gasteiger partial charge is 0.276 e. The summed E-state index contributed by atoms with van der Waals surface area (Å²) >= 11 is 3.25. The summed E-state index contributed by atoms with van der Waals surface area (Å²) in [6, 6.07) is 3.49. The molecule has 1 aliphatic rings. The second-order valence-corrected chi connectivity index (χ2v) is 6.11. The lowest BCUT2D eigenvalue weighted by Gasteiger charge is -2.22. The first-order valence-electron chi connectivity index (χ1n) is 7.09. The topological polar surface area (TPSA) is 91.8 Å². The third-order valence-corrected chi connectivity index (χ3v) is 4.06. The van der Waals surface area contributed by atoms with Crippen molar-refractivity contribution in [2.45, 2.75) is 18.9 Å². The number of rotatable bonds is 3. The highest BCUT2D eigenvalue weighted by Crippen LogP contribution is 2.16. The Labute approximate surface area is 135 Å². The van der Waals surface area contributed by atoms with Gasteiger partial charge >= 0.3 is 0 Å². The van der Waals surface area contributed by atoms with Crippen LogP contribution in [0.5, 0.6) is 0 Å². The molecule has 1 fully saturated rings. The number of aromatic nitrogens is 3. The number of aromatic amines is 1. The monoisotopic (exact) mass is 365 g/mol. The largest absolute Gasteiger partial charge is 0.326 e. The van der Waals surface area contributed by atoms with E-state index in [1.807, 2.05) is 4.68 Å². The Kier molecular flexibility index (Phi) is 4.39. The Morgan fingerprint density at radius 2 is 2.36 bits per heavy atom. The number of carbonyl (C=O) groups excluding carboxylic acids is 1. The summed E-state index contributed by atoms with van der Waals surface area (Å²) in [4.78, 5) is 26.4. The molecule has 0 bridgehead atoms. The highest BCUT2D eigenvalue weighted by atomic mass is 79.9. The summed E-state index contributed by atoms with van der Waals surface area (Å²) in [5, 5.41) is 10.2. The fourth-order valence-electron chi connectivity index (χ4n) is 2.46. The number of hydrogen-bond acceptors (Lipinski definition) is 4. The SMILES string of the molecule is O=C(Nc1cc(Br)c[nH]c1=O)c1ccn(C2CCCNC2)n1. The minimum Gasteiger partial charge on any atom is -0.326 e. The molecule has 1 saturated heterocycles. The van der Waals surface area contributed by atoms with Crippen molar-refractivity contribution >= 4 is 27.5 Å². The molecule has 3 N–H and O–H groups in total. The van der Waals surface area contributed by atoms with Gasteiger partial charge in [0.1, 0.15) is 5.69 Å². The maximum Gasteiger partial charge on any atom is 0.276 e. The van der Waals surface area contributed by atoms with Crippen LogP contribution in [0.1, 0.15) is 29.4 Å². The molecule has 1 aliphatic heterocycles. The van der Waals surface area contributed by atoms with Crippen molar-refractivity contribution in [1.82, 2.24) is 20.1 Å². The molecule has 116 valence electrons. The normalized spacial score (nSPS) is 18.1. The molecule has 0 aromatic carbocycles. The number of H-pyrrole nitrogens is 1. The van der Waals surface area contributed by atoms with Crippen molar-refractivity contribution in [3.63, 3.8) is 0 Å². The van der Waals surface area contributed by atoms with Gasteiger partial charge in [0, 0.05) is 23.4 Å². The molecule has 1 atom stereocenters. The van der Waals surface area contributed by atoms with Gasteiger partial charge in [-0.25, -0.2) is 0 Å². The van der Waals surface area contributed by atoms with Crippen LogP contribution in [0.3, 0.4) is 0 Å². The molecule has 0 spiro atoms. The van der Waals surface area contributed by atoms with E-state index in [2.05, 4.69) is 36.6 Å². The third kappa shape index (κ3) is 3.28. The summed E-state index contributed by atoms with van der Waals surface area (Å²) in [5.41, 5.74) is 0.130. The standard InChI is InChI=1S/C14H16BrN5O2/c15-9-6-12(13(21)17-7-9)18-14(22)11-3-5-20(19-11)10-2-1-4-16-8-10/h3,5-7,10,16H,1-2,4,8H2,(H,17,21)(H,18,22). The summed E-state index contributed by atoms with van der Waals surface area (Å²) in [6.07, 6.45) is 5.46. The van der Waals surface area contributed by atoms with E-state index in [-0.39, 0.29) is 17.3 Å². The maximum atomic E-state index is 12.2. The summed E-state index contributed by atoms with van der Waals surface area (Å²) in [5.74, 6) is -0.397. The number of halogens is 1. The van der Waals surface area contributed by atoms with Crippen LogP contribution in [-0.4, -0.2) is 33.8 Å². The Hall–Kier alpha value is -1.93. The molecule has 7 nitrogen and oxygen atoms in total. The van der Waals surface area contributed by atoms with E-state index in [1.165, 1.54) is 6.20 Å². The van der Waals surface area contributed by atoms with Crippen molar-refractivity contribution in [3.05, 3.63) is 45.0 Å². The Balaban J connectivity index is 1.74. The van der Waals surface area contributed by atoms with Gasteiger partial charge in [-0.1, -0.05) is 0 Å². The van der Waals surface area contributed by atoms with Gasteiger partial charge in [0.15, 0.2) is 5.69 Å². The number of pyridine rings is 1. The van der Waals surface area contributed by atoms with Crippen LogP contribution in [0.4, 0.5) is 5.69 Å². The molecule has 3 heterocycles. The van der Waals surface area contributed by atoms with E-state index in [4.69, 9.17) is 0 Å². The summed E-state index contributed by atoms with van der Waals surface area (Å²) in [6.45, 7) is 1.88. The maximum absolute atomic E-state index is 12.2. The van der Waals surface area contributed by atoms with Crippen molar-refractivity contribution in [2.75, 3.05) is 18.4 Å². The Morgan fingerprint density at radius 1 is 1.50 bits per heavy atom. The van der Waals surface area contributed by atoms with E-state index in [0.717, 1.165) is 25.9 Å². The van der Waals surface area contributed by atoms with Crippen molar-refractivity contribution in [2.24, 2.45) is 0 Å². The zero-order chi connectivity index (χ0) is 15.5. The number of nitrogens with one attached hydrogen (secondary N) is 3. The summed E-state index contributed by atoms with van der Waals surface area (Å²) < 4.78 is 2.49. The highest BCUT2D eigenvalue weighted by Gasteiger charge is 2.18. The average molecular weight is 366 g/mol. The van der Waals surface area contributed by atoms with Crippen LogP contribution in [0, 0.1) is 0 Å². The zero-order valence-corrected chi connectivity index (χ0v) is 13.4. The molecule has 2 aromatic rings. The fourth-order valence-corrected chi connectivity index (χ4v) is 2.80. The highest BCUT2D eigenvalue weighted by molar-refractivity contribution is 9.10. The number of hydrogen-bond donors (Lipinski definition) is 3. The first kappa shape index (κ1) is 15.0. The third-order valence-electron chi connectivity index (χ3n) is 3.60. The van der Waals surface area contributed by atoms with Crippen molar-refractivity contribution < 1.29 is 4.79 Å². The molecular weight excluding hydrogens is 350 g/mol. The molecule has 1 amide bonds. The molecule has 22 heavy (non-hydrogen) atoms. The van der Waals surface area contributed by atoms with Gasteiger partial charge in [0.05, 0.1) is 6.04 Å². The number of carbonyl (C=O) groups is 1. The Bertz CT molecular complexity index is 733. The lowest BCUT2D eigenvalue weighted by molar-refractivity contribution is 0.102. The van der Waals surface area contributed by atoms with Gasteiger partial charge in [0.2, 0.25) is 0 Å². The van der Waals surface area contributed by atoms with Gasteiger partial charge in [-0.15, -0.1) is 0 Å². The van der Waals surface area contributed by atoms with Gasteiger partial charge in [-0.05, 0) is 47.4 Å². The predicted octanol–water partition coefficient (Wildman–Crippen LogP) is 1.51. The first-order valence-corrected chi connectivity index (χ1v) is 7.88. The second-order valence-electron chi connectivity index (χ2n) is 5.20. The average Bonchev–Trinajstić information content (AvgIpc) is 3.02. The second kappa shape index (κ2) is 6.45. The minimum absolute atomic E-state index is 0.188. The minimum atomic E-state index is -0.397. The number of anilines is 1. The van der Waals surface area contributed by atoms with Crippen LogP contribution in [-0.2, 0) is 0 Å². The Morgan fingerprint density at radius 3 is 3.14 bits per heavy atom. The molecule has 1 unspecified atom stereocenters. The number of amides is 1. The van der Waals surface area contributed by atoms with Crippen LogP contribution in [0.2, 0.25) is 0 Å². The predicted molar refractivity (Wildman–Crippen MR) is 86.1 cm³/mol.